The van der Waals surface area contributed by atoms with E-state index in [-0.39, 0.29) is 18.6 Å². The molecule has 0 aliphatic carbocycles. The van der Waals surface area contributed by atoms with Gasteiger partial charge in [-0.25, -0.2) is 0 Å². The average Bonchev–Trinajstić information content (AvgIpc) is 2.25. The third-order valence-corrected chi connectivity index (χ3v) is 2.83. The smallest absolute Gasteiger partial charge is 0.323 e. The Morgan fingerprint density at radius 2 is 1.22 bits per heavy atom. The lowest BCUT2D eigenvalue weighted by Crippen LogP contribution is -2.40. The quantitative estimate of drug-likeness (QED) is 0.543. The van der Waals surface area contributed by atoms with Gasteiger partial charge in [-0.2, -0.15) is 0 Å². The molecule has 4 nitrogen and oxygen atoms in total. The Morgan fingerprint density at radius 1 is 0.833 bits per heavy atom. The van der Waals surface area contributed by atoms with Crippen LogP contribution >= 0.6 is 0 Å². The maximum atomic E-state index is 12.0. The van der Waals surface area contributed by atoms with Crippen molar-refractivity contribution < 1.29 is 19.1 Å². The van der Waals surface area contributed by atoms with Crippen molar-refractivity contribution in [2.24, 2.45) is 10.8 Å². The van der Waals surface area contributed by atoms with Crippen LogP contribution < -0.4 is 0 Å². The number of hydrogen-bond acceptors (Lipinski definition) is 4. The molecule has 0 spiro atoms. The van der Waals surface area contributed by atoms with E-state index in [1.54, 1.807) is 20.8 Å². The average molecular weight is 258 g/mol. The first-order valence-electron chi connectivity index (χ1n) is 6.52. The van der Waals surface area contributed by atoms with Crippen LogP contribution in [-0.2, 0) is 19.1 Å². The molecule has 0 saturated carbocycles. The van der Waals surface area contributed by atoms with Crippen LogP contribution in [0.1, 0.15) is 54.4 Å². The topological polar surface area (TPSA) is 52.6 Å². The molecule has 18 heavy (non-hydrogen) atoms. The summed E-state index contributed by atoms with van der Waals surface area (Å²) in [5.41, 5.74) is -1.14. The number of esters is 2. The Bertz CT molecular complexity index is 271. The fraction of sp³-hybridized carbons (Fsp3) is 0.857. The zero-order valence-corrected chi connectivity index (χ0v) is 12.5. The lowest BCUT2D eigenvalue weighted by atomic mass is 9.79. The largest absolute Gasteiger partial charge is 0.465 e. The van der Waals surface area contributed by atoms with Crippen molar-refractivity contribution in [3.05, 3.63) is 0 Å². The Labute approximate surface area is 110 Å². The van der Waals surface area contributed by atoms with E-state index < -0.39 is 17.4 Å². The second-order valence-electron chi connectivity index (χ2n) is 5.83. The van der Waals surface area contributed by atoms with Crippen LogP contribution in [0.15, 0.2) is 0 Å². The van der Waals surface area contributed by atoms with Crippen LogP contribution in [0.3, 0.4) is 0 Å². The van der Waals surface area contributed by atoms with E-state index in [1.807, 2.05) is 0 Å². The van der Waals surface area contributed by atoms with E-state index in [1.165, 1.54) is 0 Å². The van der Waals surface area contributed by atoms with Gasteiger partial charge in [0.2, 0.25) is 0 Å². The number of carbonyl (C=O) groups excluding carboxylic acids is 2. The first kappa shape index (κ1) is 16.9. The van der Waals surface area contributed by atoms with Crippen LogP contribution in [0.4, 0.5) is 0 Å². The second kappa shape index (κ2) is 6.76. The maximum Gasteiger partial charge on any atom is 0.323 e. The molecule has 0 radical (unpaired) electrons. The van der Waals surface area contributed by atoms with Gasteiger partial charge < -0.3 is 9.47 Å². The molecule has 0 N–H and O–H groups in total. The fourth-order valence-electron chi connectivity index (χ4n) is 1.49. The highest BCUT2D eigenvalue weighted by Gasteiger charge is 2.44. The predicted molar refractivity (Wildman–Crippen MR) is 70.1 cm³/mol. The summed E-state index contributed by atoms with van der Waals surface area (Å²) < 4.78 is 10.00. The van der Waals surface area contributed by atoms with Gasteiger partial charge in [0.1, 0.15) is 0 Å². The highest BCUT2D eigenvalue weighted by molar-refractivity contribution is 5.99. The zero-order chi connectivity index (χ0) is 14.4. The van der Waals surface area contributed by atoms with E-state index in [0.717, 1.165) is 6.42 Å². The van der Waals surface area contributed by atoms with E-state index >= 15 is 0 Å². The molecule has 0 amide bonds. The minimum absolute atomic E-state index is 0.0558. The molecular formula is C14H26O4. The SMILES string of the molecule is CCOC(=O)C(C)(CCC(C)(C)C)C(=O)OCC. The molecule has 0 aliphatic rings. The minimum atomic E-state index is -1.20. The summed E-state index contributed by atoms with van der Waals surface area (Å²) >= 11 is 0. The van der Waals surface area contributed by atoms with Gasteiger partial charge in [0.05, 0.1) is 13.2 Å². The fourth-order valence-corrected chi connectivity index (χ4v) is 1.49. The van der Waals surface area contributed by atoms with Crippen molar-refractivity contribution >= 4 is 11.9 Å². The van der Waals surface area contributed by atoms with Crippen molar-refractivity contribution in [1.29, 1.82) is 0 Å². The first-order chi connectivity index (χ1) is 8.17. The predicted octanol–water partition coefficient (Wildman–Crippen LogP) is 2.95. The maximum absolute atomic E-state index is 12.0. The van der Waals surface area contributed by atoms with Gasteiger partial charge in [0, 0.05) is 0 Å². The monoisotopic (exact) mass is 258 g/mol. The molecule has 0 aromatic carbocycles. The molecule has 0 saturated heterocycles. The van der Waals surface area contributed by atoms with Crippen molar-refractivity contribution in [3.63, 3.8) is 0 Å². The van der Waals surface area contributed by atoms with Gasteiger partial charge in [-0.15, -0.1) is 0 Å². The van der Waals surface area contributed by atoms with Gasteiger partial charge in [-0.3, -0.25) is 9.59 Å². The molecule has 4 heteroatoms. The molecule has 0 unspecified atom stereocenters. The molecule has 0 rings (SSSR count). The number of carbonyl (C=O) groups is 2. The third-order valence-electron chi connectivity index (χ3n) is 2.83. The summed E-state index contributed by atoms with van der Waals surface area (Å²) in [5.74, 6) is -0.986. The molecular weight excluding hydrogens is 232 g/mol. The molecule has 106 valence electrons. The Morgan fingerprint density at radius 3 is 1.50 bits per heavy atom. The highest BCUT2D eigenvalue weighted by atomic mass is 16.6. The van der Waals surface area contributed by atoms with Gasteiger partial charge in [-0.05, 0) is 39.0 Å². The van der Waals surface area contributed by atoms with Crippen molar-refractivity contribution in [1.82, 2.24) is 0 Å². The van der Waals surface area contributed by atoms with Gasteiger partial charge in [0.15, 0.2) is 5.41 Å². The zero-order valence-electron chi connectivity index (χ0n) is 12.5. The molecule has 0 fully saturated rings. The Kier molecular flexibility index (Phi) is 6.36. The first-order valence-corrected chi connectivity index (χ1v) is 6.52. The summed E-state index contributed by atoms with van der Waals surface area (Å²) in [6.07, 6.45) is 1.19. The van der Waals surface area contributed by atoms with E-state index in [4.69, 9.17) is 9.47 Å². The van der Waals surface area contributed by atoms with E-state index in [9.17, 15) is 9.59 Å². The third kappa shape index (κ3) is 5.07. The van der Waals surface area contributed by atoms with Crippen LogP contribution in [0.2, 0.25) is 0 Å². The number of rotatable bonds is 6. The van der Waals surface area contributed by atoms with Gasteiger partial charge in [0.25, 0.3) is 0 Å². The Hall–Kier alpha value is -1.06. The molecule has 0 aromatic heterocycles. The van der Waals surface area contributed by atoms with Crippen molar-refractivity contribution in [2.45, 2.75) is 54.4 Å². The molecule has 0 bridgehead atoms. The highest BCUT2D eigenvalue weighted by Crippen LogP contribution is 2.33. The summed E-state index contributed by atoms with van der Waals surface area (Å²) in [7, 11) is 0. The van der Waals surface area contributed by atoms with Crippen molar-refractivity contribution in [2.75, 3.05) is 13.2 Å². The standard InChI is InChI=1S/C14H26O4/c1-7-17-11(15)14(6,12(16)18-8-2)10-9-13(3,4)5/h7-10H2,1-6H3. The summed E-state index contributed by atoms with van der Waals surface area (Å²) in [5, 5.41) is 0. The van der Waals surface area contributed by atoms with Gasteiger partial charge in [-0.1, -0.05) is 20.8 Å². The molecule has 0 aliphatic heterocycles. The number of ether oxygens (including phenoxy) is 2. The summed E-state index contributed by atoms with van der Waals surface area (Å²) in [4.78, 5) is 24.0. The normalized spacial score (nSPS) is 12.1. The van der Waals surface area contributed by atoms with Crippen LogP contribution in [0.5, 0.6) is 0 Å². The van der Waals surface area contributed by atoms with Gasteiger partial charge >= 0.3 is 11.9 Å². The van der Waals surface area contributed by atoms with Crippen molar-refractivity contribution in [3.8, 4) is 0 Å². The molecule has 0 aromatic rings. The number of hydrogen-bond donors (Lipinski definition) is 0. The molecule has 0 atom stereocenters. The lowest BCUT2D eigenvalue weighted by molar-refractivity contribution is -0.171. The van der Waals surface area contributed by atoms with Crippen LogP contribution in [0.25, 0.3) is 0 Å². The lowest BCUT2D eigenvalue weighted by Gasteiger charge is -2.28. The van der Waals surface area contributed by atoms with Crippen LogP contribution in [0, 0.1) is 10.8 Å². The summed E-state index contributed by atoms with van der Waals surface area (Å²) in [6.45, 7) is 11.8. The van der Waals surface area contributed by atoms with E-state index in [0.29, 0.717) is 6.42 Å². The minimum Gasteiger partial charge on any atom is -0.465 e. The van der Waals surface area contributed by atoms with Crippen LogP contribution in [-0.4, -0.2) is 25.2 Å². The Balaban J connectivity index is 4.91. The van der Waals surface area contributed by atoms with E-state index in [2.05, 4.69) is 20.8 Å². The summed E-state index contributed by atoms with van der Waals surface area (Å²) in [6, 6.07) is 0. The molecule has 0 heterocycles. The second-order valence-corrected chi connectivity index (χ2v) is 5.83.